The minimum absolute atomic E-state index is 0.0993. The van der Waals surface area contributed by atoms with Crippen LogP contribution in [0.2, 0.25) is 0 Å². The van der Waals surface area contributed by atoms with Gasteiger partial charge in [0.1, 0.15) is 5.52 Å². The van der Waals surface area contributed by atoms with Crippen LogP contribution in [-0.4, -0.2) is 25.4 Å². The fourth-order valence-electron chi connectivity index (χ4n) is 2.06. The molecule has 0 saturated carbocycles. The minimum atomic E-state index is -3.78. The van der Waals surface area contributed by atoms with Gasteiger partial charge in [-0.15, -0.1) is 0 Å². The largest absolute Gasteiger partial charge is 0.494 e. The van der Waals surface area contributed by atoms with Crippen LogP contribution < -0.4 is 9.46 Å². The summed E-state index contributed by atoms with van der Waals surface area (Å²) in [5.74, 6) is 0.209. The number of hydrogen-bond acceptors (Lipinski definition) is 7. The third kappa shape index (κ3) is 3.01. The van der Waals surface area contributed by atoms with Crippen LogP contribution >= 0.6 is 11.3 Å². The van der Waals surface area contributed by atoms with Gasteiger partial charge in [-0.2, -0.15) is 0 Å². The molecule has 1 N–H and O–H groups in total. The molecule has 0 bridgehead atoms. The zero-order chi connectivity index (χ0) is 17.3. The van der Waals surface area contributed by atoms with Crippen LogP contribution in [0.3, 0.4) is 0 Å². The van der Waals surface area contributed by atoms with Crippen LogP contribution in [0.15, 0.2) is 47.4 Å². The monoisotopic (exact) mass is 365 g/mol. The van der Waals surface area contributed by atoms with Gasteiger partial charge in [0.15, 0.2) is 10.9 Å². The van der Waals surface area contributed by atoms with Crippen molar-refractivity contribution in [1.82, 2.24) is 4.98 Å². The van der Waals surface area contributed by atoms with E-state index in [2.05, 4.69) is 9.71 Å². The van der Waals surface area contributed by atoms with Crippen LogP contribution in [0.25, 0.3) is 10.2 Å². The number of nitrogens with zero attached hydrogens (tertiary/aromatic N) is 2. The maximum absolute atomic E-state index is 12.3. The lowest BCUT2D eigenvalue weighted by Gasteiger charge is -2.04. The van der Waals surface area contributed by atoms with Crippen LogP contribution in [0.1, 0.15) is 0 Å². The second kappa shape index (κ2) is 6.06. The number of methoxy groups -OCH3 is 1. The fraction of sp³-hybridized carbons (Fsp3) is 0.0714. The second-order valence-corrected chi connectivity index (χ2v) is 7.40. The summed E-state index contributed by atoms with van der Waals surface area (Å²) in [6.07, 6.45) is 0. The van der Waals surface area contributed by atoms with Crippen LogP contribution in [0.5, 0.6) is 5.75 Å². The van der Waals surface area contributed by atoms with Gasteiger partial charge in [-0.3, -0.25) is 14.8 Å². The molecule has 0 radical (unpaired) electrons. The van der Waals surface area contributed by atoms with Crippen LogP contribution in [0, 0.1) is 10.1 Å². The first-order valence-corrected chi connectivity index (χ1v) is 8.91. The van der Waals surface area contributed by atoms with E-state index in [0.717, 1.165) is 11.3 Å². The van der Waals surface area contributed by atoms with Gasteiger partial charge in [0.05, 0.1) is 27.7 Å². The molecule has 0 saturated heterocycles. The van der Waals surface area contributed by atoms with E-state index in [1.165, 1.54) is 31.4 Å². The van der Waals surface area contributed by atoms with Gasteiger partial charge in [-0.1, -0.05) is 29.5 Å². The molecule has 1 heterocycles. The molecule has 8 nitrogen and oxygen atoms in total. The lowest BCUT2D eigenvalue weighted by atomic mass is 10.3. The van der Waals surface area contributed by atoms with E-state index in [1.807, 2.05) is 0 Å². The molecule has 24 heavy (non-hydrogen) atoms. The van der Waals surface area contributed by atoms with Crippen molar-refractivity contribution in [3.05, 3.63) is 52.6 Å². The highest BCUT2D eigenvalue weighted by Gasteiger charge is 2.20. The Labute approximate surface area is 140 Å². The predicted octanol–water partition coefficient (Wildman–Crippen LogP) is 3.01. The number of rotatable bonds is 5. The average molecular weight is 365 g/mol. The molecule has 0 unspecified atom stereocenters. The highest BCUT2D eigenvalue weighted by atomic mass is 32.2. The second-order valence-electron chi connectivity index (χ2n) is 4.69. The van der Waals surface area contributed by atoms with E-state index < -0.39 is 14.9 Å². The Morgan fingerprint density at radius 2 is 1.96 bits per heavy atom. The molecule has 0 amide bonds. The van der Waals surface area contributed by atoms with Gasteiger partial charge in [0, 0.05) is 6.07 Å². The Morgan fingerprint density at radius 3 is 2.58 bits per heavy atom. The lowest BCUT2D eigenvalue weighted by molar-refractivity contribution is -0.384. The fourth-order valence-corrected chi connectivity index (χ4v) is 4.24. The molecule has 2 aromatic carbocycles. The van der Waals surface area contributed by atoms with Crippen molar-refractivity contribution < 1.29 is 18.1 Å². The number of hydrogen-bond donors (Lipinski definition) is 1. The Bertz CT molecular complexity index is 1020. The summed E-state index contributed by atoms with van der Waals surface area (Å²) >= 11 is 0.994. The van der Waals surface area contributed by atoms with Gasteiger partial charge in [0.25, 0.3) is 15.7 Å². The quantitative estimate of drug-likeness (QED) is 0.549. The summed E-state index contributed by atoms with van der Waals surface area (Å²) in [7, 11) is -2.42. The van der Waals surface area contributed by atoms with E-state index in [1.54, 1.807) is 18.2 Å². The van der Waals surface area contributed by atoms with Crippen molar-refractivity contribution >= 4 is 42.4 Å². The zero-order valence-corrected chi connectivity index (χ0v) is 13.9. The molecule has 0 fully saturated rings. The number of non-ortho nitro benzene ring substituents is 1. The molecule has 3 aromatic rings. The molecule has 0 aliphatic rings. The Kier molecular flexibility index (Phi) is 4.08. The van der Waals surface area contributed by atoms with Crippen molar-refractivity contribution in [1.29, 1.82) is 0 Å². The molecule has 0 spiro atoms. The Morgan fingerprint density at radius 1 is 1.25 bits per heavy atom. The van der Waals surface area contributed by atoms with Crippen LogP contribution in [0.4, 0.5) is 10.8 Å². The van der Waals surface area contributed by atoms with Crippen LogP contribution in [-0.2, 0) is 10.0 Å². The van der Waals surface area contributed by atoms with Gasteiger partial charge < -0.3 is 4.74 Å². The van der Waals surface area contributed by atoms with E-state index in [4.69, 9.17) is 4.74 Å². The first kappa shape index (κ1) is 16.1. The SMILES string of the molecule is COc1cc([N+](=O)[O-])cc2sc(NS(=O)(=O)c3ccccc3)nc12. The number of fused-ring (bicyclic) bond motifs is 1. The summed E-state index contributed by atoms with van der Waals surface area (Å²) < 4.78 is 32.6. The molecular formula is C14H11N3O5S2. The maximum Gasteiger partial charge on any atom is 0.274 e. The first-order valence-electron chi connectivity index (χ1n) is 6.61. The number of anilines is 1. The summed E-state index contributed by atoms with van der Waals surface area (Å²) in [6.45, 7) is 0. The third-order valence-corrected chi connectivity index (χ3v) is 5.55. The standard InChI is InChI=1S/C14H11N3O5S2/c1-22-11-7-9(17(18)19)8-12-13(11)15-14(23-12)16-24(20,21)10-5-3-2-4-6-10/h2-8H,1H3,(H,15,16). The van der Waals surface area contributed by atoms with E-state index in [9.17, 15) is 18.5 Å². The lowest BCUT2D eigenvalue weighted by Crippen LogP contribution is -2.12. The van der Waals surface area contributed by atoms with Crippen molar-refractivity contribution in [2.45, 2.75) is 4.90 Å². The van der Waals surface area contributed by atoms with Gasteiger partial charge in [0.2, 0.25) is 0 Å². The molecular weight excluding hydrogens is 354 g/mol. The Balaban J connectivity index is 2.04. The summed E-state index contributed by atoms with van der Waals surface area (Å²) in [5, 5.41) is 11.1. The molecule has 1 aromatic heterocycles. The Hall–Kier alpha value is -2.72. The minimum Gasteiger partial charge on any atom is -0.494 e. The molecule has 0 aliphatic carbocycles. The maximum atomic E-state index is 12.3. The predicted molar refractivity (Wildman–Crippen MR) is 90.1 cm³/mol. The number of ether oxygens (including phenoxy) is 1. The molecule has 124 valence electrons. The van der Waals surface area contributed by atoms with E-state index in [-0.39, 0.29) is 21.5 Å². The molecule has 10 heteroatoms. The smallest absolute Gasteiger partial charge is 0.274 e. The topological polar surface area (TPSA) is 111 Å². The van der Waals surface area contributed by atoms with Crippen molar-refractivity contribution in [2.75, 3.05) is 11.8 Å². The summed E-state index contributed by atoms with van der Waals surface area (Å²) in [4.78, 5) is 14.7. The number of nitrogens with one attached hydrogen (secondary N) is 1. The molecule has 0 atom stereocenters. The van der Waals surface area contributed by atoms with Gasteiger partial charge >= 0.3 is 0 Å². The van der Waals surface area contributed by atoms with Gasteiger partial charge in [-0.05, 0) is 12.1 Å². The first-order chi connectivity index (χ1) is 11.4. The van der Waals surface area contributed by atoms with E-state index >= 15 is 0 Å². The van der Waals surface area contributed by atoms with Crippen molar-refractivity contribution in [2.24, 2.45) is 0 Å². The number of nitro benzene ring substituents is 1. The number of nitro groups is 1. The third-order valence-electron chi connectivity index (χ3n) is 3.15. The number of thiazole rings is 1. The normalized spacial score (nSPS) is 11.4. The molecule has 0 aliphatic heterocycles. The molecule has 3 rings (SSSR count). The number of benzene rings is 2. The summed E-state index contributed by atoms with van der Waals surface area (Å²) in [6, 6.07) is 10.4. The summed E-state index contributed by atoms with van der Waals surface area (Å²) in [5.41, 5.74) is 0.208. The number of aromatic nitrogens is 1. The van der Waals surface area contributed by atoms with Gasteiger partial charge in [-0.25, -0.2) is 13.4 Å². The van der Waals surface area contributed by atoms with E-state index in [0.29, 0.717) is 10.2 Å². The average Bonchev–Trinajstić information content (AvgIpc) is 2.96. The highest BCUT2D eigenvalue weighted by Crippen LogP contribution is 2.36. The number of sulfonamides is 1. The zero-order valence-electron chi connectivity index (χ0n) is 12.3. The van der Waals surface area contributed by atoms with Crippen molar-refractivity contribution in [3.8, 4) is 5.75 Å². The highest BCUT2D eigenvalue weighted by molar-refractivity contribution is 7.93. The van der Waals surface area contributed by atoms with Crippen molar-refractivity contribution in [3.63, 3.8) is 0 Å².